The zero-order valence-electron chi connectivity index (χ0n) is 20.6. The van der Waals surface area contributed by atoms with Gasteiger partial charge in [-0.05, 0) is 44.4 Å². The summed E-state index contributed by atoms with van der Waals surface area (Å²) >= 11 is 0. The Balaban J connectivity index is 2.06. The number of nitrogens with zero attached hydrogens (tertiary/aromatic N) is 1. The lowest BCUT2D eigenvalue weighted by Gasteiger charge is -2.23. The highest BCUT2D eigenvalue weighted by molar-refractivity contribution is 6.00. The van der Waals surface area contributed by atoms with Gasteiger partial charge in [-0.3, -0.25) is 4.79 Å². The molecule has 0 aliphatic heterocycles. The van der Waals surface area contributed by atoms with Gasteiger partial charge in [0.05, 0.1) is 31.8 Å². The molecule has 3 rings (SSSR count). The number of anilines is 1. The molecule has 0 saturated carbocycles. The molecule has 184 valence electrons. The van der Waals surface area contributed by atoms with Gasteiger partial charge in [-0.1, -0.05) is 20.8 Å². The number of carbonyl (C=O) groups is 1. The predicted octanol–water partition coefficient (Wildman–Crippen LogP) is 5.44. The zero-order valence-corrected chi connectivity index (χ0v) is 20.6. The summed E-state index contributed by atoms with van der Waals surface area (Å²) in [6, 6.07) is 4.85. The molecular weight excluding hydrogens is 439 g/mol. The first kappa shape index (κ1) is 25.2. The van der Waals surface area contributed by atoms with Crippen molar-refractivity contribution in [2.45, 2.75) is 53.5 Å². The van der Waals surface area contributed by atoms with Crippen LogP contribution < -0.4 is 19.9 Å². The molecule has 2 aromatic carbocycles. The Bertz CT molecular complexity index is 1210. The van der Waals surface area contributed by atoms with Crippen molar-refractivity contribution < 1.29 is 28.5 Å². The lowest BCUT2D eigenvalue weighted by atomic mass is 9.84. The molecule has 0 radical (unpaired) electrons. The Morgan fingerprint density at radius 2 is 1.65 bits per heavy atom. The number of ether oxygens (including phenoxy) is 3. The molecule has 0 aliphatic carbocycles. The molecule has 8 heteroatoms. The molecular formula is C26H33FN2O5. The Hall–Kier alpha value is -3.42. The van der Waals surface area contributed by atoms with E-state index in [9.17, 15) is 9.90 Å². The van der Waals surface area contributed by atoms with Crippen molar-refractivity contribution in [1.82, 2.24) is 4.57 Å². The van der Waals surface area contributed by atoms with Crippen LogP contribution in [0, 0.1) is 5.82 Å². The summed E-state index contributed by atoms with van der Waals surface area (Å²) in [5.41, 5.74) is 6.82. The van der Waals surface area contributed by atoms with Crippen LogP contribution in [0.25, 0.3) is 10.8 Å². The molecule has 0 saturated heterocycles. The van der Waals surface area contributed by atoms with Crippen molar-refractivity contribution in [3.05, 3.63) is 41.3 Å². The highest BCUT2D eigenvalue weighted by atomic mass is 19.1. The van der Waals surface area contributed by atoms with Crippen molar-refractivity contribution in [3.63, 3.8) is 0 Å². The summed E-state index contributed by atoms with van der Waals surface area (Å²) in [6.45, 7) is 12.0. The lowest BCUT2D eigenvalue weighted by Crippen LogP contribution is -2.16. The molecule has 34 heavy (non-hydrogen) atoms. The number of halogens is 1. The van der Waals surface area contributed by atoms with Gasteiger partial charge in [0, 0.05) is 22.7 Å². The van der Waals surface area contributed by atoms with E-state index in [4.69, 9.17) is 19.9 Å². The van der Waals surface area contributed by atoms with Gasteiger partial charge >= 0.3 is 0 Å². The summed E-state index contributed by atoms with van der Waals surface area (Å²) in [5.74, 6) is -0.206. The van der Waals surface area contributed by atoms with Crippen LogP contribution in [0.5, 0.6) is 23.0 Å². The first-order valence-electron chi connectivity index (χ1n) is 11.4. The topological polar surface area (TPSA) is 95.9 Å². The van der Waals surface area contributed by atoms with E-state index < -0.39 is 11.2 Å². The van der Waals surface area contributed by atoms with Crippen LogP contribution >= 0.6 is 0 Å². The molecule has 3 aromatic rings. The monoisotopic (exact) mass is 472 g/mol. The number of phenols is 1. The number of rotatable bonds is 9. The predicted molar refractivity (Wildman–Crippen MR) is 131 cm³/mol. The molecule has 0 bridgehead atoms. The van der Waals surface area contributed by atoms with Crippen molar-refractivity contribution >= 4 is 22.4 Å². The van der Waals surface area contributed by atoms with Crippen LogP contribution in [0.3, 0.4) is 0 Å². The molecule has 3 N–H and O–H groups in total. The maximum atomic E-state index is 15.3. The number of Topliss-reactive ketones (excluding diaryl/α,β-unsaturated/α-hetero) is 1. The molecule has 0 aliphatic rings. The van der Waals surface area contributed by atoms with E-state index in [2.05, 4.69) is 0 Å². The second kappa shape index (κ2) is 9.83. The highest BCUT2D eigenvalue weighted by Gasteiger charge is 2.25. The number of hydrogen-bond donors (Lipinski definition) is 2. The summed E-state index contributed by atoms with van der Waals surface area (Å²) < 4.78 is 33.4. The van der Waals surface area contributed by atoms with E-state index in [0.717, 1.165) is 0 Å². The molecule has 0 unspecified atom stereocenters. The van der Waals surface area contributed by atoms with E-state index in [1.54, 1.807) is 39.1 Å². The van der Waals surface area contributed by atoms with E-state index in [1.807, 2.05) is 20.8 Å². The summed E-state index contributed by atoms with van der Waals surface area (Å²) in [4.78, 5) is 13.3. The maximum Gasteiger partial charge on any atom is 0.197 e. The number of ketones is 1. The van der Waals surface area contributed by atoms with Crippen LogP contribution in [0.4, 0.5) is 10.2 Å². The molecule has 0 fully saturated rings. The van der Waals surface area contributed by atoms with E-state index in [1.165, 1.54) is 10.6 Å². The summed E-state index contributed by atoms with van der Waals surface area (Å²) in [5, 5.41) is 11.3. The fraction of sp³-hybridized carbons (Fsp3) is 0.423. The minimum atomic E-state index is -0.621. The molecule has 0 atom stereocenters. The fourth-order valence-electron chi connectivity index (χ4n) is 3.89. The Morgan fingerprint density at radius 1 is 1.03 bits per heavy atom. The average molecular weight is 473 g/mol. The molecule has 1 heterocycles. The quantitative estimate of drug-likeness (QED) is 0.402. The van der Waals surface area contributed by atoms with Crippen LogP contribution in [0.2, 0.25) is 0 Å². The first-order chi connectivity index (χ1) is 16.0. The maximum absolute atomic E-state index is 15.3. The molecule has 7 nitrogen and oxygen atoms in total. The number of carbonyl (C=O) groups excluding carboxylic acids is 1. The number of benzene rings is 2. The molecule has 0 spiro atoms. The standard InChI is InChI=1S/C26H33FN2O5/c1-7-32-19-11-15(10-17(23(19)31)26(4,5)6)18(30)14-29-13-16-12-20(33-8-2)24(34-9-3)22(27)21(16)25(29)28/h10-13,31H,7-9,14,28H2,1-6H3. The van der Waals surface area contributed by atoms with Crippen molar-refractivity contribution in [2.24, 2.45) is 0 Å². The zero-order chi connectivity index (χ0) is 25.2. The highest BCUT2D eigenvalue weighted by Crippen LogP contribution is 2.41. The van der Waals surface area contributed by atoms with Crippen molar-refractivity contribution in [3.8, 4) is 23.0 Å². The van der Waals surface area contributed by atoms with Crippen molar-refractivity contribution in [2.75, 3.05) is 25.6 Å². The normalized spacial score (nSPS) is 11.6. The van der Waals surface area contributed by atoms with Crippen LogP contribution in [-0.2, 0) is 12.0 Å². The van der Waals surface area contributed by atoms with E-state index in [0.29, 0.717) is 29.7 Å². The van der Waals surface area contributed by atoms with Gasteiger partial charge in [0.25, 0.3) is 0 Å². The third kappa shape index (κ3) is 4.76. The number of aromatic hydroxyl groups is 1. The van der Waals surface area contributed by atoms with Gasteiger partial charge in [0.2, 0.25) is 0 Å². The van der Waals surface area contributed by atoms with Crippen LogP contribution in [0.1, 0.15) is 57.5 Å². The second-order valence-electron chi connectivity index (χ2n) is 8.97. The summed E-state index contributed by atoms with van der Waals surface area (Å²) in [6.07, 6.45) is 1.62. The fourth-order valence-corrected chi connectivity index (χ4v) is 3.89. The Morgan fingerprint density at radius 3 is 2.24 bits per heavy atom. The SMILES string of the molecule is CCOc1cc(C(=O)Cn2cc3cc(OCC)c(OCC)c(F)c3c2N)cc(C(C)(C)C)c1O. The average Bonchev–Trinajstić information content (AvgIpc) is 3.06. The van der Waals surface area contributed by atoms with Crippen molar-refractivity contribution in [1.29, 1.82) is 0 Å². The third-order valence-electron chi connectivity index (χ3n) is 5.49. The number of nitrogen functional groups attached to an aromatic ring is 1. The van der Waals surface area contributed by atoms with Gasteiger partial charge in [0.15, 0.2) is 34.6 Å². The lowest BCUT2D eigenvalue weighted by molar-refractivity contribution is 0.0972. The molecule has 1 aromatic heterocycles. The number of fused-ring (bicyclic) bond motifs is 1. The minimum Gasteiger partial charge on any atom is -0.504 e. The Labute approximate surface area is 199 Å². The first-order valence-corrected chi connectivity index (χ1v) is 11.4. The van der Waals surface area contributed by atoms with E-state index in [-0.39, 0.29) is 53.1 Å². The largest absolute Gasteiger partial charge is 0.504 e. The van der Waals surface area contributed by atoms with Crippen LogP contribution in [0.15, 0.2) is 24.4 Å². The second-order valence-corrected chi connectivity index (χ2v) is 8.97. The number of phenolic OH excluding ortho intramolecular Hbond substituents is 1. The number of hydrogen-bond acceptors (Lipinski definition) is 6. The minimum absolute atomic E-state index is 0.00216. The van der Waals surface area contributed by atoms with Gasteiger partial charge in [-0.25, -0.2) is 4.39 Å². The summed E-state index contributed by atoms with van der Waals surface area (Å²) in [7, 11) is 0. The third-order valence-corrected chi connectivity index (χ3v) is 5.49. The molecule has 0 amide bonds. The van der Waals surface area contributed by atoms with Gasteiger partial charge in [-0.2, -0.15) is 0 Å². The van der Waals surface area contributed by atoms with Crippen LogP contribution in [-0.4, -0.2) is 35.3 Å². The number of nitrogens with two attached hydrogens (primary N) is 1. The van der Waals surface area contributed by atoms with Gasteiger partial charge in [-0.15, -0.1) is 0 Å². The Kier molecular flexibility index (Phi) is 7.29. The number of aromatic nitrogens is 1. The smallest absolute Gasteiger partial charge is 0.197 e. The van der Waals surface area contributed by atoms with Gasteiger partial charge < -0.3 is 29.6 Å². The van der Waals surface area contributed by atoms with E-state index >= 15 is 4.39 Å². The van der Waals surface area contributed by atoms with Gasteiger partial charge in [0.1, 0.15) is 5.82 Å².